The van der Waals surface area contributed by atoms with E-state index in [1.54, 1.807) is 11.8 Å². The van der Waals surface area contributed by atoms with E-state index in [9.17, 15) is 0 Å². The minimum atomic E-state index is 0.680. The van der Waals surface area contributed by atoms with Crippen molar-refractivity contribution in [2.24, 2.45) is 0 Å². The number of benzene rings is 1. The van der Waals surface area contributed by atoms with E-state index in [4.69, 9.17) is 4.74 Å². The molecule has 1 atom stereocenters. The zero-order chi connectivity index (χ0) is 10.8. The van der Waals surface area contributed by atoms with Gasteiger partial charge in [0.1, 0.15) is 11.7 Å². The SMILES string of the molecule is c1cc2c(cc1CC1CCCCN1)SCO2. The molecule has 0 aliphatic carbocycles. The Morgan fingerprint density at radius 1 is 1.38 bits per heavy atom. The molecular weight excluding hydrogens is 218 g/mol. The number of hydrogen-bond donors (Lipinski definition) is 1. The fourth-order valence-corrected chi connectivity index (χ4v) is 3.27. The molecule has 1 saturated heterocycles. The molecule has 0 spiro atoms. The standard InChI is InChI=1S/C13H17NOS/c1-2-6-14-11(3-1)7-10-4-5-12-13(8-10)16-9-15-12/h4-5,8,11,14H,1-3,6-7,9H2. The van der Waals surface area contributed by atoms with Gasteiger partial charge in [0.25, 0.3) is 0 Å². The molecular formula is C13H17NOS. The smallest absolute Gasteiger partial charge is 0.138 e. The van der Waals surface area contributed by atoms with Crippen LogP contribution in [0.2, 0.25) is 0 Å². The van der Waals surface area contributed by atoms with E-state index in [2.05, 4.69) is 23.5 Å². The first kappa shape index (κ1) is 10.5. The largest absolute Gasteiger partial charge is 0.481 e. The van der Waals surface area contributed by atoms with Gasteiger partial charge in [-0.25, -0.2) is 0 Å². The Morgan fingerprint density at radius 3 is 3.25 bits per heavy atom. The van der Waals surface area contributed by atoms with E-state index in [0.29, 0.717) is 6.04 Å². The van der Waals surface area contributed by atoms with Gasteiger partial charge in [-0.05, 0) is 43.5 Å². The lowest BCUT2D eigenvalue weighted by Gasteiger charge is -2.23. The van der Waals surface area contributed by atoms with E-state index in [1.165, 1.54) is 36.3 Å². The average molecular weight is 235 g/mol. The summed E-state index contributed by atoms with van der Waals surface area (Å²) in [5.74, 6) is 1.84. The lowest BCUT2D eigenvalue weighted by molar-refractivity contribution is 0.394. The molecule has 1 unspecified atom stereocenters. The highest BCUT2D eigenvalue weighted by molar-refractivity contribution is 7.99. The third-order valence-electron chi connectivity index (χ3n) is 3.33. The third-order valence-corrected chi connectivity index (χ3v) is 4.20. The summed E-state index contributed by atoms with van der Waals surface area (Å²) in [5, 5.41) is 3.60. The highest BCUT2D eigenvalue weighted by atomic mass is 32.2. The van der Waals surface area contributed by atoms with Crippen LogP contribution in [0.25, 0.3) is 0 Å². The third kappa shape index (κ3) is 2.20. The number of rotatable bonds is 2. The van der Waals surface area contributed by atoms with Gasteiger partial charge in [-0.3, -0.25) is 0 Å². The lowest BCUT2D eigenvalue weighted by atomic mass is 9.98. The summed E-state index contributed by atoms with van der Waals surface area (Å²) in [6, 6.07) is 7.30. The van der Waals surface area contributed by atoms with E-state index < -0.39 is 0 Å². The molecule has 2 nitrogen and oxygen atoms in total. The number of hydrogen-bond acceptors (Lipinski definition) is 3. The summed E-state index contributed by atoms with van der Waals surface area (Å²) >= 11 is 1.80. The first-order valence-electron chi connectivity index (χ1n) is 6.04. The Balaban J connectivity index is 1.69. The zero-order valence-electron chi connectivity index (χ0n) is 9.37. The lowest BCUT2D eigenvalue weighted by Crippen LogP contribution is -2.35. The molecule has 86 valence electrons. The fraction of sp³-hybridized carbons (Fsp3) is 0.538. The molecule has 16 heavy (non-hydrogen) atoms. The van der Waals surface area contributed by atoms with Gasteiger partial charge in [-0.1, -0.05) is 24.2 Å². The molecule has 1 fully saturated rings. The van der Waals surface area contributed by atoms with E-state index >= 15 is 0 Å². The average Bonchev–Trinajstić information content (AvgIpc) is 2.77. The summed E-state index contributed by atoms with van der Waals surface area (Å²) in [6.07, 6.45) is 5.19. The normalized spacial score (nSPS) is 23.9. The maximum Gasteiger partial charge on any atom is 0.138 e. The second-order valence-corrected chi connectivity index (χ2v) is 5.50. The first-order valence-corrected chi connectivity index (χ1v) is 7.02. The van der Waals surface area contributed by atoms with Gasteiger partial charge >= 0.3 is 0 Å². The Hall–Kier alpha value is -0.670. The van der Waals surface area contributed by atoms with Crippen LogP contribution < -0.4 is 10.1 Å². The van der Waals surface area contributed by atoms with Gasteiger partial charge in [-0.2, -0.15) is 0 Å². The Kier molecular flexibility index (Phi) is 3.06. The van der Waals surface area contributed by atoms with Crippen LogP contribution in [0.15, 0.2) is 23.1 Å². The number of ether oxygens (including phenoxy) is 1. The molecule has 2 aliphatic rings. The Morgan fingerprint density at radius 2 is 2.38 bits per heavy atom. The van der Waals surface area contributed by atoms with E-state index in [-0.39, 0.29) is 0 Å². The monoisotopic (exact) mass is 235 g/mol. The second kappa shape index (κ2) is 4.68. The second-order valence-electron chi connectivity index (χ2n) is 4.54. The summed E-state index contributed by atoms with van der Waals surface area (Å²) in [6.45, 7) is 1.19. The van der Waals surface area contributed by atoms with E-state index in [1.807, 2.05) is 0 Å². The van der Waals surface area contributed by atoms with Crippen LogP contribution >= 0.6 is 11.8 Å². The van der Waals surface area contributed by atoms with Crippen LogP contribution in [-0.2, 0) is 6.42 Å². The van der Waals surface area contributed by atoms with Crippen molar-refractivity contribution >= 4 is 11.8 Å². The molecule has 0 aromatic heterocycles. The fourth-order valence-electron chi connectivity index (χ4n) is 2.45. The topological polar surface area (TPSA) is 21.3 Å². The number of fused-ring (bicyclic) bond motifs is 1. The number of nitrogens with one attached hydrogen (secondary N) is 1. The van der Waals surface area contributed by atoms with Crippen LogP contribution in [0.3, 0.4) is 0 Å². The van der Waals surface area contributed by atoms with Crippen molar-refractivity contribution < 1.29 is 4.74 Å². The summed E-state index contributed by atoms with van der Waals surface area (Å²) in [7, 11) is 0. The molecule has 0 bridgehead atoms. The van der Waals surface area contributed by atoms with Crippen LogP contribution in [0.5, 0.6) is 5.75 Å². The molecule has 1 aromatic rings. The minimum absolute atomic E-state index is 0.680. The summed E-state index contributed by atoms with van der Waals surface area (Å²) < 4.78 is 5.49. The highest BCUT2D eigenvalue weighted by Crippen LogP contribution is 2.36. The van der Waals surface area contributed by atoms with Crippen LogP contribution in [0, 0.1) is 0 Å². The molecule has 1 N–H and O–H groups in total. The van der Waals surface area contributed by atoms with Crippen molar-refractivity contribution in [3.05, 3.63) is 23.8 Å². The molecule has 0 amide bonds. The molecule has 3 heteroatoms. The molecule has 0 radical (unpaired) electrons. The first-order chi connectivity index (χ1) is 7.92. The minimum Gasteiger partial charge on any atom is -0.481 e. The van der Waals surface area contributed by atoms with Gasteiger partial charge in [0.2, 0.25) is 0 Å². The van der Waals surface area contributed by atoms with Crippen molar-refractivity contribution in [3.63, 3.8) is 0 Å². The van der Waals surface area contributed by atoms with E-state index in [0.717, 1.165) is 18.1 Å². The van der Waals surface area contributed by atoms with Crippen molar-refractivity contribution in [1.29, 1.82) is 0 Å². The van der Waals surface area contributed by atoms with Crippen molar-refractivity contribution in [1.82, 2.24) is 5.32 Å². The van der Waals surface area contributed by atoms with Gasteiger partial charge < -0.3 is 10.1 Å². The quantitative estimate of drug-likeness (QED) is 0.851. The summed E-state index contributed by atoms with van der Waals surface area (Å²) in [4.78, 5) is 1.31. The van der Waals surface area contributed by atoms with Crippen molar-refractivity contribution in [3.8, 4) is 5.75 Å². The van der Waals surface area contributed by atoms with Crippen molar-refractivity contribution in [2.45, 2.75) is 36.6 Å². The van der Waals surface area contributed by atoms with Gasteiger partial charge in [0.15, 0.2) is 0 Å². The molecule has 3 rings (SSSR count). The van der Waals surface area contributed by atoms with Crippen LogP contribution in [0.1, 0.15) is 24.8 Å². The number of piperidine rings is 1. The van der Waals surface area contributed by atoms with Gasteiger partial charge in [0.05, 0.1) is 4.90 Å². The summed E-state index contributed by atoms with van der Waals surface area (Å²) in [5.41, 5.74) is 1.44. The zero-order valence-corrected chi connectivity index (χ0v) is 10.2. The molecule has 2 aliphatic heterocycles. The molecule has 2 heterocycles. The Bertz CT molecular complexity index is 374. The Labute approximate surface area is 101 Å². The molecule has 0 saturated carbocycles. The van der Waals surface area contributed by atoms with Crippen LogP contribution in [-0.4, -0.2) is 18.5 Å². The number of thioether (sulfide) groups is 1. The predicted octanol–water partition coefficient (Wildman–Crippen LogP) is 2.81. The molecule has 1 aromatic carbocycles. The van der Waals surface area contributed by atoms with Gasteiger partial charge in [0, 0.05) is 6.04 Å². The van der Waals surface area contributed by atoms with Crippen molar-refractivity contribution in [2.75, 3.05) is 12.5 Å². The van der Waals surface area contributed by atoms with Gasteiger partial charge in [-0.15, -0.1) is 0 Å². The van der Waals surface area contributed by atoms with Crippen LogP contribution in [0.4, 0.5) is 0 Å². The predicted molar refractivity (Wildman–Crippen MR) is 67.1 cm³/mol. The maximum atomic E-state index is 5.49. The highest BCUT2D eigenvalue weighted by Gasteiger charge is 2.16. The maximum absolute atomic E-state index is 5.49.